The van der Waals surface area contributed by atoms with Crippen LogP contribution >= 0.6 is 11.6 Å². The number of hydrogen-bond donors (Lipinski definition) is 1. The molecule has 0 aliphatic rings. The van der Waals surface area contributed by atoms with Crippen LogP contribution in [0, 0.1) is 5.82 Å². The maximum absolute atomic E-state index is 13.3. The van der Waals surface area contributed by atoms with Crippen LogP contribution in [-0.2, 0) is 20.4 Å². The summed E-state index contributed by atoms with van der Waals surface area (Å²) in [5.41, 5.74) is 4.76. The van der Waals surface area contributed by atoms with Crippen molar-refractivity contribution in [2.24, 2.45) is 5.73 Å². The van der Waals surface area contributed by atoms with E-state index in [4.69, 9.17) is 17.3 Å². The summed E-state index contributed by atoms with van der Waals surface area (Å²) < 4.78 is 36.5. The first-order valence-electron chi connectivity index (χ1n) is 4.73. The molecule has 94 valence electrons. The minimum Gasteiger partial charge on any atom is -0.370 e. The molecule has 0 radical (unpaired) electrons. The van der Waals surface area contributed by atoms with E-state index in [1.54, 1.807) is 0 Å². The Morgan fingerprint density at radius 3 is 2.59 bits per heavy atom. The third-order valence-electron chi connectivity index (χ3n) is 2.09. The number of nitrogens with two attached hydrogens (primary N) is 1. The predicted molar refractivity (Wildman–Crippen MR) is 62.7 cm³/mol. The van der Waals surface area contributed by atoms with E-state index in [0.717, 1.165) is 6.07 Å². The van der Waals surface area contributed by atoms with Crippen molar-refractivity contribution in [1.29, 1.82) is 0 Å². The average molecular weight is 280 g/mol. The number of halogens is 2. The van der Waals surface area contributed by atoms with Crippen LogP contribution in [-0.4, -0.2) is 20.1 Å². The summed E-state index contributed by atoms with van der Waals surface area (Å²) in [5, 5.41) is 0.0488. The molecule has 0 spiro atoms. The normalized spacial score (nSPS) is 11.4. The van der Waals surface area contributed by atoms with Gasteiger partial charge in [-0.2, -0.15) is 0 Å². The fraction of sp³-hybridized carbons (Fsp3) is 0.300. The number of rotatable bonds is 5. The molecule has 0 saturated carbocycles. The zero-order valence-electron chi connectivity index (χ0n) is 8.82. The van der Waals surface area contributed by atoms with Crippen LogP contribution in [0.3, 0.4) is 0 Å². The zero-order chi connectivity index (χ0) is 13.1. The molecule has 0 bridgehead atoms. The number of carbonyl (C=O) groups excluding carboxylic acids is 1. The standard InChI is InChI=1S/C10H11ClFNO3S/c11-8-2-1-3-9(12)7(8)6-17(15,16)5-4-10(13)14/h1-3H,4-6H2,(H2,13,14). The second kappa shape index (κ2) is 5.46. The van der Waals surface area contributed by atoms with E-state index < -0.39 is 33.1 Å². The van der Waals surface area contributed by atoms with Crippen LogP contribution in [0.1, 0.15) is 12.0 Å². The fourth-order valence-electron chi connectivity index (χ4n) is 1.22. The molecule has 1 aromatic carbocycles. The lowest BCUT2D eigenvalue weighted by molar-refractivity contribution is -0.117. The first-order chi connectivity index (χ1) is 7.82. The number of primary amides is 1. The van der Waals surface area contributed by atoms with E-state index in [1.165, 1.54) is 12.1 Å². The Labute approximate surface area is 103 Å². The van der Waals surface area contributed by atoms with Crippen molar-refractivity contribution in [3.8, 4) is 0 Å². The molecule has 0 atom stereocenters. The molecule has 0 aliphatic heterocycles. The SMILES string of the molecule is NC(=O)CCS(=O)(=O)Cc1c(F)cccc1Cl. The van der Waals surface area contributed by atoms with Gasteiger partial charge in [-0.3, -0.25) is 4.79 Å². The van der Waals surface area contributed by atoms with E-state index in [1.807, 2.05) is 0 Å². The summed E-state index contributed by atoms with van der Waals surface area (Å²) in [5.74, 6) is -2.34. The van der Waals surface area contributed by atoms with Crippen LogP contribution in [0.25, 0.3) is 0 Å². The number of carbonyl (C=O) groups is 1. The molecule has 1 rings (SSSR count). The molecule has 4 nitrogen and oxygen atoms in total. The van der Waals surface area contributed by atoms with Gasteiger partial charge in [0, 0.05) is 17.0 Å². The Balaban J connectivity index is 2.87. The molecule has 7 heteroatoms. The first-order valence-corrected chi connectivity index (χ1v) is 6.93. The molecule has 0 saturated heterocycles. The van der Waals surface area contributed by atoms with Gasteiger partial charge in [0.25, 0.3) is 0 Å². The lowest BCUT2D eigenvalue weighted by Crippen LogP contribution is -2.18. The maximum Gasteiger partial charge on any atom is 0.218 e. The average Bonchev–Trinajstić information content (AvgIpc) is 2.21. The Hall–Kier alpha value is -1.14. The third kappa shape index (κ3) is 4.32. The molecule has 1 amide bonds. The summed E-state index contributed by atoms with van der Waals surface area (Å²) in [4.78, 5) is 10.5. The molecular weight excluding hydrogens is 269 g/mol. The Bertz CT molecular complexity index is 510. The highest BCUT2D eigenvalue weighted by Gasteiger charge is 2.18. The molecule has 0 heterocycles. The molecule has 2 N–H and O–H groups in total. The minimum atomic E-state index is -3.60. The summed E-state index contributed by atoms with van der Waals surface area (Å²) in [6, 6.07) is 3.92. The van der Waals surface area contributed by atoms with Gasteiger partial charge in [0.1, 0.15) is 5.82 Å². The fourth-order valence-corrected chi connectivity index (χ4v) is 2.92. The summed E-state index contributed by atoms with van der Waals surface area (Å²) in [6.07, 6.45) is -0.283. The molecule has 17 heavy (non-hydrogen) atoms. The Kier molecular flexibility index (Phi) is 4.47. The van der Waals surface area contributed by atoms with Crippen LogP contribution in [0.2, 0.25) is 5.02 Å². The molecule has 0 aliphatic carbocycles. The monoisotopic (exact) mass is 279 g/mol. The minimum absolute atomic E-state index is 0.0488. The second-order valence-corrected chi connectivity index (χ2v) is 6.10. The van der Waals surface area contributed by atoms with Crippen LogP contribution in [0.5, 0.6) is 0 Å². The lowest BCUT2D eigenvalue weighted by atomic mass is 10.2. The highest BCUT2D eigenvalue weighted by atomic mass is 35.5. The molecule has 0 fully saturated rings. The van der Waals surface area contributed by atoms with Gasteiger partial charge in [0.2, 0.25) is 5.91 Å². The molecule has 1 aromatic rings. The van der Waals surface area contributed by atoms with Crippen molar-refractivity contribution in [2.75, 3.05) is 5.75 Å². The van der Waals surface area contributed by atoms with Crippen molar-refractivity contribution in [3.05, 3.63) is 34.6 Å². The summed E-state index contributed by atoms with van der Waals surface area (Å²) in [6.45, 7) is 0. The quantitative estimate of drug-likeness (QED) is 0.882. The largest absolute Gasteiger partial charge is 0.370 e. The molecular formula is C10H11ClFNO3S. The maximum atomic E-state index is 13.3. The Morgan fingerprint density at radius 2 is 2.06 bits per heavy atom. The van der Waals surface area contributed by atoms with Gasteiger partial charge in [0.15, 0.2) is 9.84 Å². The van der Waals surface area contributed by atoms with Gasteiger partial charge < -0.3 is 5.73 Å². The number of benzene rings is 1. The van der Waals surface area contributed by atoms with Gasteiger partial charge in [-0.1, -0.05) is 17.7 Å². The third-order valence-corrected chi connectivity index (χ3v) is 3.99. The van der Waals surface area contributed by atoms with Crippen molar-refractivity contribution < 1.29 is 17.6 Å². The highest BCUT2D eigenvalue weighted by Crippen LogP contribution is 2.21. The van der Waals surface area contributed by atoms with Gasteiger partial charge in [-0.25, -0.2) is 12.8 Å². The second-order valence-electron chi connectivity index (χ2n) is 3.51. The summed E-state index contributed by atoms with van der Waals surface area (Å²) in [7, 11) is -3.60. The number of sulfone groups is 1. The van der Waals surface area contributed by atoms with E-state index in [9.17, 15) is 17.6 Å². The first kappa shape index (κ1) is 13.9. The van der Waals surface area contributed by atoms with Crippen molar-refractivity contribution >= 4 is 27.3 Å². The Morgan fingerprint density at radius 1 is 1.41 bits per heavy atom. The van der Waals surface area contributed by atoms with Gasteiger partial charge >= 0.3 is 0 Å². The van der Waals surface area contributed by atoms with E-state index >= 15 is 0 Å². The van der Waals surface area contributed by atoms with Gasteiger partial charge in [-0.05, 0) is 12.1 Å². The van der Waals surface area contributed by atoms with E-state index in [2.05, 4.69) is 0 Å². The topological polar surface area (TPSA) is 77.2 Å². The lowest BCUT2D eigenvalue weighted by Gasteiger charge is -2.06. The van der Waals surface area contributed by atoms with Gasteiger partial charge in [0.05, 0.1) is 11.5 Å². The van der Waals surface area contributed by atoms with E-state index in [0.29, 0.717) is 0 Å². The van der Waals surface area contributed by atoms with Crippen molar-refractivity contribution in [1.82, 2.24) is 0 Å². The van der Waals surface area contributed by atoms with Crippen LogP contribution < -0.4 is 5.73 Å². The summed E-state index contributed by atoms with van der Waals surface area (Å²) >= 11 is 5.70. The van der Waals surface area contributed by atoms with Crippen molar-refractivity contribution in [3.63, 3.8) is 0 Å². The highest BCUT2D eigenvalue weighted by molar-refractivity contribution is 7.90. The predicted octanol–water partition coefficient (Wildman–Crippen LogP) is 1.27. The van der Waals surface area contributed by atoms with E-state index in [-0.39, 0.29) is 17.0 Å². The number of hydrogen-bond acceptors (Lipinski definition) is 3. The van der Waals surface area contributed by atoms with Gasteiger partial charge in [-0.15, -0.1) is 0 Å². The molecule has 0 aromatic heterocycles. The van der Waals surface area contributed by atoms with Crippen molar-refractivity contribution in [2.45, 2.75) is 12.2 Å². The molecule has 0 unspecified atom stereocenters. The zero-order valence-corrected chi connectivity index (χ0v) is 10.4. The van der Waals surface area contributed by atoms with Crippen LogP contribution in [0.4, 0.5) is 4.39 Å². The number of amides is 1. The smallest absolute Gasteiger partial charge is 0.218 e. The van der Waals surface area contributed by atoms with Crippen LogP contribution in [0.15, 0.2) is 18.2 Å².